The molecule has 1 rings (SSSR count). The topological polar surface area (TPSA) is 17.1 Å². The number of hydrogen-bond donors (Lipinski definition) is 0. The third kappa shape index (κ3) is 2.99. The Kier molecular flexibility index (Phi) is 4.35. The van der Waals surface area contributed by atoms with Gasteiger partial charge >= 0.3 is 0 Å². The van der Waals surface area contributed by atoms with Gasteiger partial charge in [0.15, 0.2) is 5.78 Å². The summed E-state index contributed by atoms with van der Waals surface area (Å²) in [7, 11) is 0. The summed E-state index contributed by atoms with van der Waals surface area (Å²) in [6.07, 6.45) is 2.23. The molecule has 0 fully saturated rings. The van der Waals surface area contributed by atoms with Crippen molar-refractivity contribution in [3.05, 3.63) is 47.0 Å². The van der Waals surface area contributed by atoms with Crippen molar-refractivity contribution in [2.45, 2.75) is 26.7 Å². The van der Waals surface area contributed by atoms with Gasteiger partial charge in [0.05, 0.1) is 0 Å². The molecule has 0 N–H and O–H groups in total. The molecule has 1 aromatic rings. The quantitative estimate of drug-likeness (QED) is 0.716. The van der Waals surface area contributed by atoms with E-state index >= 15 is 0 Å². The van der Waals surface area contributed by atoms with Crippen molar-refractivity contribution in [2.24, 2.45) is 0 Å². The molecule has 86 valence electrons. The highest BCUT2D eigenvalue weighted by Gasteiger charge is 2.11. The fraction of sp³-hybridized carbons (Fsp3) is 0.308. The van der Waals surface area contributed by atoms with E-state index in [0.29, 0.717) is 12.0 Å². The van der Waals surface area contributed by atoms with Crippen molar-refractivity contribution in [1.82, 2.24) is 0 Å². The van der Waals surface area contributed by atoms with Crippen LogP contribution in [0.1, 0.15) is 25.8 Å². The average molecular weight is 224 g/mol. The number of benzene rings is 1. The smallest absolute Gasteiger partial charge is 0.162 e. The number of halogens is 2. The van der Waals surface area contributed by atoms with Crippen LogP contribution in [0.5, 0.6) is 0 Å². The van der Waals surface area contributed by atoms with E-state index in [1.165, 1.54) is 0 Å². The van der Waals surface area contributed by atoms with Crippen LogP contribution in [0.3, 0.4) is 0 Å². The minimum absolute atomic E-state index is 0.0862. The van der Waals surface area contributed by atoms with Gasteiger partial charge in [0.25, 0.3) is 0 Å². The Hall–Kier alpha value is -1.51. The number of carbonyl (C=O) groups excluding carboxylic acids is 1. The molecule has 0 amide bonds. The van der Waals surface area contributed by atoms with Crippen LogP contribution in [0.4, 0.5) is 8.78 Å². The molecule has 0 saturated heterocycles. The Morgan fingerprint density at radius 2 is 2.06 bits per heavy atom. The maximum absolute atomic E-state index is 13.3. The van der Waals surface area contributed by atoms with Gasteiger partial charge < -0.3 is 0 Å². The monoisotopic (exact) mass is 224 g/mol. The molecule has 0 aliphatic heterocycles. The molecular formula is C13H14F2O. The van der Waals surface area contributed by atoms with Crippen LogP contribution in [-0.4, -0.2) is 5.78 Å². The molecule has 3 heteroatoms. The van der Waals surface area contributed by atoms with Crippen molar-refractivity contribution >= 4 is 5.78 Å². The van der Waals surface area contributed by atoms with Crippen molar-refractivity contribution in [3.8, 4) is 0 Å². The van der Waals surface area contributed by atoms with E-state index in [9.17, 15) is 13.6 Å². The van der Waals surface area contributed by atoms with Gasteiger partial charge in [0.2, 0.25) is 0 Å². The molecule has 0 saturated carbocycles. The average Bonchev–Trinajstić information content (AvgIpc) is 2.25. The molecule has 0 heterocycles. The van der Waals surface area contributed by atoms with Crippen LogP contribution in [0.25, 0.3) is 0 Å². The Morgan fingerprint density at radius 1 is 1.38 bits per heavy atom. The molecule has 0 unspecified atom stereocenters. The second-order valence-corrected chi connectivity index (χ2v) is 3.50. The van der Waals surface area contributed by atoms with E-state index in [4.69, 9.17) is 0 Å². The lowest BCUT2D eigenvalue weighted by Crippen LogP contribution is -2.07. The van der Waals surface area contributed by atoms with Gasteiger partial charge in [-0.2, -0.15) is 0 Å². The van der Waals surface area contributed by atoms with Gasteiger partial charge in [0.1, 0.15) is 11.6 Å². The van der Waals surface area contributed by atoms with Gasteiger partial charge in [-0.15, -0.1) is 0 Å². The first-order chi connectivity index (χ1) is 7.58. The molecule has 0 spiro atoms. The number of Topliss-reactive ketones (excluding diaryl/α,β-unsaturated/α-hetero) is 1. The summed E-state index contributed by atoms with van der Waals surface area (Å²) in [4.78, 5) is 11.7. The number of hydrogen-bond acceptors (Lipinski definition) is 1. The van der Waals surface area contributed by atoms with Gasteiger partial charge in [-0.05, 0) is 42.7 Å². The minimum Gasteiger partial charge on any atom is -0.294 e. The normalized spacial score (nSPS) is 11.6. The number of ketones is 1. The zero-order chi connectivity index (χ0) is 12.1. The van der Waals surface area contributed by atoms with Crippen molar-refractivity contribution in [1.29, 1.82) is 0 Å². The van der Waals surface area contributed by atoms with Crippen LogP contribution in [-0.2, 0) is 11.2 Å². The SMILES string of the molecule is C/C=C(/CC)C(=O)Cc1cc(F)ccc1F. The van der Waals surface area contributed by atoms with E-state index in [1.54, 1.807) is 13.0 Å². The third-order valence-electron chi connectivity index (χ3n) is 2.45. The Morgan fingerprint density at radius 3 is 2.62 bits per heavy atom. The third-order valence-corrected chi connectivity index (χ3v) is 2.45. The molecule has 1 nitrogen and oxygen atoms in total. The number of carbonyl (C=O) groups is 1. The van der Waals surface area contributed by atoms with Crippen molar-refractivity contribution in [2.75, 3.05) is 0 Å². The Bertz CT molecular complexity index is 422. The molecule has 0 aromatic heterocycles. The summed E-state index contributed by atoms with van der Waals surface area (Å²) >= 11 is 0. The lowest BCUT2D eigenvalue weighted by atomic mass is 10.0. The van der Waals surface area contributed by atoms with Crippen molar-refractivity contribution in [3.63, 3.8) is 0 Å². The highest BCUT2D eigenvalue weighted by molar-refractivity contribution is 5.96. The summed E-state index contributed by atoms with van der Waals surface area (Å²) in [5.41, 5.74) is 0.751. The van der Waals surface area contributed by atoms with E-state index in [1.807, 2.05) is 6.92 Å². The van der Waals surface area contributed by atoms with E-state index in [2.05, 4.69) is 0 Å². The fourth-order valence-electron chi connectivity index (χ4n) is 1.53. The van der Waals surface area contributed by atoms with Crippen LogP contribution < -0.4 is 0 Å². The molecule has 0 aliphatic carbocycles. The molecule has 0 atom stereocenters. The summed E-state index contributed by atoms with van der Waals surface area (Å²) in [6, 6.07) is 3.15. The van der Waals surface area contributed by atoms with Crippen molar-refractivity contribution < 1.29 is 13.6 Å². The lowest BCUT2D eigenvalue weighted by Gasteiger charge is -2.04. The molecule has 1 aromatic carbocycles. The van der Waals surface area contributed by atoms with Crippen LogP contribution in [0.15, 0.2) is 29.8 Å². The number of rotatable bonds is 4. The van der Waals surface area contributed by atoms with Gasteiger partial charge in [-0.3, -0.25) is 4.79 Å². The standard InChI is InChI=1S/C13H14F2O/c1-3-9(4-2)13(16)8-10-7-11(14)5-6-12(10)15/h3,5-7H,4,8H2,1-2H3/b9-3-. The molecular weight excluding hydrogens is 210 g/mol. The maximum Gasteiger partial charge on any atom is 0.162 e. The summed E-state index contributed by atoms with van der Waals surface area (Å²) < 4.78 is 26.1. The van der Waals surface area contributed by atoms with E-state index in [-0.39, 0.29) is 17.8 Å². The molecule has 0 radical (unpaired) electrons. The maximum atomic E-state index is 13.3. The van der Waals surface area contributed by atoms with Gasteiger partial charge in [-0.1, -0.05) is 13.0 Å². The second-order valence-electron chi connectivity index (χ2n) is 3.50. The predicted molar refractivity (Wildman–Crippen MR) is 59.1 cm³/mol. The van der Waals surface area contributed by atoms with E-state index < -0.39 is 11.6 Å². The lowest BCUT2D eigenvalue weighted by molar-refractivity contribution is -0.115. The largest absolute Gasteiger partial charge is 0.294 e. The predicted octanol–water partition coefficient (Wildman–Crippen LogP) is 3.43. The molecule has 0 aliphatic rings. The van der Waals surface area contributed by atoms with Crippen LogP contribution in [0.2, 0.25) is 0 Å². The summed E-state index contributed by atoms with van der Waals surface area (Å²) in [5, 5.41) is 0. The number of allylic oxidation sites excluding steroid dienone is 2. The first kappa shape index (κ1) is 12.6. The zero-order valence-electron chi connectivity index (χ0n) is 9.39. The first-order valence-corrected chi connectivity index (χ1v) is 5.20. The molecule has 0 bridgehead atoms. The second kappa shape index (κ2) is 5.54. The Balaban J connectivity index is 2.88. The fourth-order valence-corrected chi connectivity index (χ4v) is 1.53. The minimum atomic E-state index is -0.540. The highest BCUT2D eigenvalue weighted by Crippen LogP contribution is 2.13. The van der Waals surface area contributed by atoms with Crippen LogP contribution in [0, 0.1) is 11.6 Å². The van der Waals surface area contributed by atoms with E-state index in [0.717, 1.165) is 18.2 Å². The zero-order valence-corrected chi connectivity index (χ0v) is 9.39. The first-order valence-electron chi connectivity index (χ1n) is 5.20. The molecule has 16 heavy (non-hydrogen) atoms. The van der Waals surface area contributed by atoms with Gasteiger partial charge in [0, 0.05) is 6.42 Å². The Labute approximate surface area is 93.8 Å². The van der Waals surface area contributed by atoms with Gasteiger partial charge in [-0.25, -0.2) is 8.78 Å². The highest BCUT2D eigenvalue weighted by atomic mass is 19.1. The summed E-state index contributed by atoms with van der Waals surface area (Å²) in [6.45, 7) is 3.62. The summed E-state index contributed by atoms with van der Waals surface area (Å²) in [5.74, 6) is -1.22. The van der Waals surface area contributed by atoms with Crippen LogP contribution >= 0.6 is 0 Å².